The first-order valence-electron chi connectivity index (χ1n) is 17.5. The first kappa shape index (κ1) is 31.4. The van der Waals surface area contributed by atoms with E-state index in [0.29, 0.717) is 42.0 Å². The van der Waals surface area contributed by atoms with E-state index >= 15 is 0 Å². The van der Waals surface area contributed by atoms with E-state index in [9.17, 15) is 9.59 Å². The number of hydrogen-bond donors (Lipinski definition) is 2. The number of carbonyl (C=O) groups excluding carboxylic acids is 2. The molecule has 0 radical (unpaired) electrons. The third-order valence-corrected chi connectivity index (χ3v) is 10.2. The average Bonchev–Trinajstić information content (AvgIpc) is 4.07. The quantitative estimate of drug-likeness (QED) is 0.187. The van der Waals surface area contributed by atoms with Gasteiger partial charge in [-0.05, 0) is 87.1 Å². The lowest BCUT2D eigenvalue weighted by Crippen LogP contribution is -2.49. The lowest BCUT2D eigenvalue weighted by atomic mass is 10.0. The lowest BCUT2D eigenvalue weighted by Gasteiger charge is -2.33. The molecule has 1 aliphatic heterocycles. The molecule has 3 fully saturated rings. The van der Waals surface area contributed by atoms with Crippen molar-refractivity contribution in [1.29, 1.82) is 0 Å². The molecular weight excluding hydrogens is 618 g/mol. The number of hydrogen-bond acceptors (Lipinski definition) is 7. The van der Waals surface area contributed by atoms with Crippen LogP contribution < -0.4 is 15.8 Å². The molecular formula is C38H43N7O4. The summed E-state index contributed by atoms with van der Waals surface area (Å²) in [5, 5.41) is 4.02. The van der Waals surface area contributed by atoms with E-state index in [1.54, 1.807) is 18.1 Å². The second kappa shape index (κ2) is 12.9. The molecule has 1 unspecified atom stereocenters. The van der Waals surface area contributed by atoms with Crippen molar-refractivity contribution in [2.45, 2.75) is 70.7 Å². The number of alkyl carbamates (subject to hydrolysis) is 1. The van der Waals surface area contributed by atoms with Gasteiger partial charge in [0.1, 0.15) is 23.6 Å². The number of aryl methyl sites for hydroxylation is 1. The second-order valence-corrected chi connectivity index (χ2v) is 13.9. The molecule has 1 saturated heterocycles. The highest BCUT2D eigenvalue weighted by atomic mass is 16.5. The summed E-state index contributed by atoms with van der Waals surface area (Å²) >= 11 is 0. The maximum Gasteiger partial charge on any atom is 0.407 e. The zero-order valence-electron chi connectivity index (χ0n) is 28.1. The number of carbonyl (C=O) groups is 2. The van der Waals surface area contributed by atoms with Crippen LogP contribution in [0.5, 0.6) is 5.88 Å². The van der Waals surface area contributed by atoms with E-state index in [1.165, 1.54) is 25.7 Å². The lowest BCUT2D eigenvalue weighted by molar-refractivity contribution is 0.0682. The van der Waals surface area contributed by atoms with Crippen LogP contribution in [0.1, 0.15) is 71.9 Å². The molecule has 8 rings (SSSR count). The number of nitrogens with one attached hydrogen (secondary N) is 1. The fraction of sp³-hybridized carbons (Fsp3) is 0.421. The van der Waals surface area contributed by atoms with E-state index in [-0.39, 0.29) is 24.6 Å². The van der Waals surface area contributed by atoms with Crippen molar-refractivity contribution in [2.24, 2.45) is 17.6 Å². The predicted octanol–water partition coefficient (Wildman–Crippen LogP) is 6.02. The molecule has 0 bridgehead atoms. The van der Waals surface area contributed by atoms with Crippen LogP contribution in [0, 0.1) is 18.8 Å². The Morgan fingerprint density at radius 2 is 1.84 bits per heavy atom. The smallest absolute Gasteiger partial charge is 0.407 e. The molecule has 5 aromatic rings. The SMILES string of the molecule is COc1cc(C(=O)N2CCC[C@@H](NC(=O)OCc3ccccc3)C2)cc2nc(-c3cc4ccc(C(N)C5CC5)nc4n3CC3CC3)c(C)n12. The summed E-state index contributed by atoms with van der Waals surface area (Å²) in [6, 6.07) is 19.3. The number of rotatable bonds is 10. The molecule has 3 N–H and O–H groups in total. The molecule has 2 aliphatic carbocycles. The maximum atomic E-state index is 13.9. The largest absolute Gasteiger partial charge is 0.482 e. The normalized spacial score (nSPS) is 18.5. The minimum Gasteiger partial charge on any atom is -0.482 e. The van der Waals surface area contributed by atoms with Crippen LogP contribution in [0.25, 0.3) is 28.1 Å². The Morgan fingerprint density at radius 3 is 2.59 bits per heavy atom. The van der Waals surface area contributed by atoms with Crippen LogP contribution in [0.3, 0.4) is 0 Å². The Kier molecular flexibility index (Phi) is 8.23. The monoisotopic (exact) mass is 661 g/mol. The molecule has 1 aromatic carbocycles. The van der Waals surface area contributed by atoms with Gasteiger partial charge in [-0.15, -0.1) is 0 Å². The number of ether oxygens (including phenoxy) is 2. The van der Waals surface area contributed by atoms with Gasteiger partial charge in [0.25, 0.3) is 5.91 Å². The summed E-state index contributed by atoms with van der Waals surface area (Å²) in [6.45, 7) is 4.11. The molecule has 0 spiro atoms. The summed E-state index contributed by atoms with van der Waals surface area (Å²) in [5.74, 6) is 1.56. The molecule has 4 aromatic heterocycles. The average molecular weight is 662 g/mol. The third-order valence-electron chi connectivity index (χ3n) is 10.2. The molecule has 49 heavy (non-hydrogen) atoms. The van der Waals surface area contributed by atoms with Gasteiger partial charge in [0, 0.05) is 48.7 Å². The Morgan fingerprint density at radius 1 is 1.02 bits per heavy atom. The summed E-state index contributed by atoms with van der Waals surface area (Å²) in [6.07, 6.45) is 5.82. The molecule has 254 valence electrons. The minimum atomic E-state index is -0.483. The van der Waals surface area contributed by atoms with Gasteiger partial charge in [0.15, 0.2) is 5.88 Å². The Hall–Kier alpha value is -4.90. The van der Waals surface area contributed by atoms with Gasteiger partial charge in [-0.2, -0.15) is 0 Å². The van der Waals surface area contributed by atoms with E-state index in [4.69, 9.17) is 25.2 Å². The Balaban J connectivity index is 1.06. The van der Waals surface area contributed by atoms with E-state index in [0.717, 1.165) is 58.8 Å². The van der Waals surface area contributed by atoms with Crippen LogP contribution in [-0.2, 0) is 17.9 Å². The number of pyridine rings is 2. The second-order valence-electron chi connectivity index (χ2n) is 13.9. The van der Waals surface area contributed by atoms with Gasteiger partial charge < -0.3 is 30.0 Å². The number of likely N-dealkylation sites (tertiary alicyclic amines) is 1. The van der Waals surface area contributed by atoms with E-state index in [2.05, 4.69) is 28.1 Å². The van der Waals surface area contributed by atoms with Crippen molar-refractivity contribution in [3.05, 3.63) is 83.2 Å². The zero-order valence-corrected chi connectivity index (χ0v) is 28.1. The number of amides is 2. The van der Waals surface area contributed by atoms with Crippen molar-refractivity contribution < 1.29 is 19.1 Å². The van der Waals surface area contributed by atoms with Crippen molar-refractivity contribution in [1.82, 2.24) is 29.2 Å². The standard InChI is InChI=1S/C38H43N7O4/c1-23-35(31-17-27-14-15-30(34(39)26-12-13-26)41-36(27)44(31)20-24-10-11-24)42-32-18-28(19-33(48-2)45(23)32)37(46)43-16-6-9-29(21-43)40-38(47)49-22-25-7-4-3-5-8-25/h3-5,7-8,14-15,17-19,24,26,29,34H,6,9-13,16,20-22,39H2,1-2H3,(H,40,47)/t29-,34?/m1/s1. The van der Waals surface area contributed by atoms with Gasteiger partial charge in [-0.1, -0.05) is 30.3 Å². The van der Waals surface area contributed by atoms with E-state index < -0.39 is 6.09 Å². The molecule has 11 nitrogen and oxygen atoms in total. The van der Waals surface area contributed by atoms with Crippen LogP contribution in [-0.4, -0.2) is 62.1 Å². The fourth-order valence-electron chi connectivity index (χ4n) is 7.15. The van der Waals surface area contributed by atoms with Crippen LogP contribution in [0.2, 0.25) is 0 Å². The first-order valence-corrected chi connectivity index (χ1v) is 17.5. The molecule has 11 heteroatoms. The summed E-state index contributed by atoms with van der Waals surface area (Å²) < 4.78 is 15.6. The summed E-state index contributed by atoms with van der Waals surface area (Å²) in [5.41, 5.74) is 13.3. The maximum absolute atomic E-state index is 13.9. The highest BCUT2D eigenvalue weighted by Gasteiger charge is 2.32. The molecule has 2 saturated carbocycles. The number of imidazole rings is 1. The number of benzene rings is 1. The van der Waals surface area contributed by atoms with Gasteiger partial charge in [0.05, 0.1) is 24.2 Å². The van der Waals surface area contributed by atoms with Gasteiger partial charge in [0.2, 0.25) is 0 Å². The molecule has 3 aliphatic rings. The van der Waals surface area contributed by atoms with E-state index in [1.807, 2.05) is 47.7 Å². The molecule has 5 heterocycles. The van der Waals surface area contributed by atoms with Crippen LogP contribution in [0.15, 0.2) is 60.7 Å². The number of fused-ring (bicyclic) bond motifs is 2. The highest BCUT2D eigenvalue weighted by Crippen LogP contribution is 2.41. The third kappa shape index (κ3) is 6.35. The first-order chi connectivity index (χ1) is 23.9. The summed E-state index contributed by atoms with van der Waals surface area (Å²) in [7, 11) is 1.61. The van der Waals surface area contributed by atoms with Crippen LogP contribution in [0.4, 0.5) is 4.79 Å². The Bertz CT molecular complexity index is 2030. The van der Waals surface area contributed by atoms with Gasteiger partial charge in [-0.3, -0.25) is 9.20 Å². The summed E-state index contributed by atoms with van der Waals surface area (Å²) in [4.78, 5) is 38.5. The highest BCUT2D eigenvalue weighted by molar-refractivity contribution is 5.96. The zero-order chi connectivity index (χ0) is 33.6. The minimum absolute atomic E-state index is 0.0336. The van der Waals surface area contributed by atoms with Crippen molar-refractivity contribution >= 4 is 28.7 Å². The number of nitrogens with two attached hydrogens (primary N) is 1. The Labute approximate surface area is 285 Å². The fourth-order valence-corrected chi connectivity index (χ4v) is 7.15. The molecule has 2 amide bonds. The molecule has 2 atom stereocenters. The number of nitrogens with zero attached hydrogens (tertiary/aromatic N) is 5. The topological polar surface area (TPSA) is 129 Å². The van der Waals surface area contributed by atoms with Gasteiger partial charge >= 0.3 is 6.09 Å². The van der Waals surface area contributed by atoms with Crippen molar-refractivity contribution in [3.8, 4) is 17.3 Å². The van der Waals surface area contributed by atoms with Crippen molar-refractivity contribution in [3.63, 3.8) is 0 Å². The van der Waals surface area contributed by atoms with Gasteiger partial charge in [-0.25, -0.2) is 14.8 Å². The number of piperidine rings is 1. The van der Waals surface area contributed by atoms with Crippen molar-refractivity contribution in [2.75, 3.05) is 20.2 Å². The van der Waals surface area contributed by atoms with Crippen LogP contribution >= 0.6 is 0 Å². The number of aromatic nitrogens is 4. The predicted molar refractivity (Wildman–Crippen MR) is 186 cm³/mol. The number of methoxy groups -OCH3 is 1.